The Kier molecular flexibility index (Phi) is 5.35. The molecule has 0 aromatic carbocycles. The van der Waals surface area contributed by atoms with Crippen molar-refractivity contribution < 1.29 is 22.8 Å². The fourth-order valence-electron chi connectivity index (χ4n) is 4.97. The van der Waals surface area contributed by atoms with Gasteiger partial charge in [-0.15, -0.1) is 0 Å². The van der Waals surface area contributed by atoms with Gasteiger partial charge in [-0.05, 0) is 33.1 Å². The minimum atomic E-state index is -3.03. The Balaban J connectivity index is 1.44. The molecular formula is C20H29N5O5S. The monoisotopic (exact) mass is 451 g/mol. The van der Waals surface area contributed by atoms with E-state index in [2.05, 4.69) is 10.4 Å². The first-order valence-corrected chi connectivity index (χ1v) is 12.5. The lowest BCUT2D eigenvalue weighted by molar-refractivity contribution is -0.138. The largest absolute Gasteiger partial charge is 0.340 e. The number of imide groups is 1. The maximum atomic E-state index is 12.8. The topological polar surface area (TPSA) is 122 Å². The Morgan fingerprint density at radius 3 is 2.55 bits per heavy atom. The SMILES string of the molecule is Cc1nn(C2CCS(=O)(=O)C2)c(C)c1CN(C)C(=O)CN1C(=O)NC2(CCCC2)C1=O. The Bertz CT molecular complexity index is 1040. The molecule has 1 saturated carbocycles. The van der Waals surface area contributed by atoms with Gasteiger partial charge in [-0.25, -0.2) is 13.2 Å². The van der Waals surface area contributed by atoms with Crippen LogP contribution in [0.25, 0.3) is 0 Å². The number of carbonyl (C=O) groups is 3. The Morgan fingerprint density at radius 1 is 1.26 bits per heavy atom. The first-order valence-electron chi connectivity index (χ1n) is 10.7. The van der Waals surface area contributed by atoms with E-state index in [4.69, 9.17) is 0 Å². The van der Waals surface area contributed by atoms with Crippen molar-refractivity contribution in [1.29, 1.82) is 0 Å². The molecule has 1 aromatic heterocycles. The second-order valence-corrected chi connectivity index (χ2v) is 11.2. The lowest BCUT2D eigenvalue weighted by atomic mass is 9.98. The predicted octanol–water partition coefficient (Wildman–Crippen LogP) is 0.683. The first kappa shape index (κ1) is 21.8. The van der Waals surface area contributed by atoms with Gasteiger partial charge < -0.3 is 10.2 Å². The van der Waals surface area contributed by atoms with Crippen LogP contribution < -0.4 is 5.32 Å². The van der Waals surface area contributed by atoms with Gasteiger partial charge in [0.2, 0.25) is 5.91 Å². The van der Waals surface area contributed by atoms with E-state index in [-0.39, 0.29) is 42.5 Å². The number of likely N-dealkylation sites (N-methyl/N-ethyl adjacent to an activating group) is 1. The van der Waals surface area contributed by atoms with E-state index in [1.54, 1.807) is 11.7 Å². The molecule has 31 heavy (non-hydrogen) atoms. The van der Waals surface area contributed by atoms with Crippen molar-refractivity contribution in [3.63, 3.8) is 0 Å². The number of sulfone groups is 1. The third kappa shape index (κ3) is 3.83. The zero-order chi connectivity index (χ0) is 22.6. The van der Waals surface area contributed by atoms with E-state index in [9.17, 15) is 22.8 Å². The third-order valence-corrected chi connectivity index (χ3v) is 8.60. The van der Waals surface area contributed by atoms with Gasteiger partial charge in [0.1, 0.15) is 12.1 Å². The van der Waals surface area contributed by atoms with Gasteiger partial charge in [0, 0.05) is 24.8 Å². The van der Waals surface area contributed by atoms with Crippen LogP contribution in [-0.2, 0) is 26.0 Å². The van der Waals surface area contributed by atoms with Crippen LogP contribution in [0.2, 0.25) is 0 Å². The van der Waals surface area contributed by atoms with Crippen LogP contribution in [-0.4, -0.2) is 76.5 Å². The Hall–Kier alpha value is -2.43. The normalized spacial score (nSPS) is 24.2. The number of urea groups is 1. The number of nitrogens with zero attached hydrogens (tertiary/aromatic N) is 4. The highest BCUT2D eigenvalue weighted by Gasteiger charge is 2.52. The van der Waals surface area contributed by atoms with Crippen molar-refractivity contribution in [2.45, 2.75) is 64.1 Å². The summed E-state index contributed by atoms with van der Waals surface area (Å²) < 4.78 is 25.4. The van der Waals surface area contributed by atoms with Crippen LogP contribution in [0, 0.1) is 13.8 Å². The van der Waals surface area contributed by atoms with Crippen LogP contribution in [0.5, 0.6) is 0 Å². The molecule has 170 valence electrons. The van der Waals surface area contributed by atoms with Crippen LogP contribution in [0.1, 0.15) is 55.1 Å². The number of hydrogen-bond acceptors (Lipinski definition) is 6. The average Bonchev–Trinajstić information content (AvgIpc) is 3.43. The molecule has 3 fully saturated rings. The Morgan fingerprint density at radius 2 is 1.94 bits per heavy atom. The van der Waals surface area contributed by atoms with Gasteiger partial charge in [-0.1, -0.05) is 12.8 Å². The van der Waals surface area contributed by atoms with Gasteiger partial charge in [0.05, 0.1) is 23.2 Å². The number of nitrogens with one attached hydrogen (secondary N) is 1. The highest BCUT2D eigenvalue weighted by molar-refractivity contribution is 7.91. The summed E-state index contributed by atoms with van der Waals surface area (Å²) in [6.45, 7) is 3.68. The fourth-order valence-corrected chi connectivity index (χ4v) is 6.66. The van der Waals surface area contributed by atoms with Crippen molar-refractivity contribution in [3.8, 4) is 0 Å². The second-order valence-electron chi connectivity index (χ2n) is 9.01. The lowest BCUT2D eigenvalue weighted by Crippen LogP contribution is -2.45. The van der Waals surface area contributed by atoms with E-state index in [0.29, 0.717) is 19.3 Å². The highest BCUT2D eigenvalue weighted by atomic mass is 32.2. The van der Waals surface area contributed by atoms with E-state index >= 15 is 0 Å². The molecule has 4 amide bonds. The number of hydrogen-bond donors (Lipinski definition) is 1. The Labute approximate surface area is 181 Å². The molecule has 1 N–H and O–H groups in total. The maximum absolute atomic E-state index is 12.8. The molecule has 1 atom stereocenters. The summed E-state index contributed by atoms with van der Waals surface area (Å²) in [6.07, 6.45) is 3.54. The zero-order valence-corrected chi connectivity index (χ0v) is 19.0. The number of aromatic nitrogens is 2. The molecule has 0 radical (unpaired) electrons. The molecule has 3 aliphatic rings. The summed E-state index contributed by atoms with van der Waals surface area (Å²) in [5, 5.41) is 7.32. The molecule has 0 bridgehead atoms. The third-order valence-electron chi connectivity index (χ3n) is 6.85. The van der Waals surface area contributed by atoms with E-state index < -0.39 is 21.4 Å². The highest BCUT2D eigenvalue weighted by Crippen LogP contribution is 2.35. The summed E-state index contributed by atoms with van der Waals surface area (Å²) in [6, 6.07) is -0.691. The quantitative estimate of drug-likeness (QED) is 0.657. The molecule has 1 unspecified atom stereocenters. The van der Waals surface area contributed by atoms with E-state index in [0.717, 1.165) is 34.7 Å². The van der Waals surface area contributed by atoms with Crippen LogP contribution in [0.15, 0.2) is 0 Å². The molecule has 1 spiro atoms. The zero-order valence-electron chi connectivity index (χ0n) is 18.2. The van der Waals surface area contributed by atoms with Crippen LogP contribution in [0.4, 0.5) is 4.79 Å². The van der Waals surface area contributed by atoms with Crippen molar-refractivity contribution in [2.75, 3.05) is 25.1 Å². The summed E-state index contributed by atoms with van der Waals surface area (Å²) in [5.74, 6) is -0.401. The predicted molar refractivity (Wildman–Crippen MR) is 112 cm³/mol. The van der Waals surface area contributed by atoms with Gasteiger partial charge in [-0.2, -0.15) is 5.10 Å². The number of amides is 4. The molecule has 2 aliphatic heterocycles. The van der Waals surface area contributed by atoms with Crippen molar-refractivity contribution >= 4 is 27.7 Å². The van der Waals surface area contributed by atoms with Gasteiger partial charge >= 0.3 is 6.03 Å². The standard InChI is InChI=1S/C20H29N5O5S/c1-13-16(14(2)25(22-13)15-6-9-31(29,30)12-15)10-23(3)17(26)11-24-18(27)20(21-19(24)28)7-4-5-8-20/h15H,4-12H2,1-3H3,(H,21,28). The molecular weight excluding hydrogens is 422 g/mol. The summed E-state index contributed by atoms with van der Waals surface area (Å²) >= 11 is 0. The van der Waals surface area contributed by atoms with Gasteiger partial charge in [-0.3, -0.25) is 19.2 Å². The summed E-state index contributed by atoms with van der Waals surface area (Å²) in [7, 11) is -1.41. The molecule has 1 aromatic rings. The van der Waals surface area contributed by atoms with Gasteiger partial charge in [0.15, 0.2) is 9.84 Å². The molecule has 11 heteroatoms. The molecule has 10 nitrogen and oxygen atoms in total. The minimum Gasteiger partial charge on any atom is -0.340 e. The average molecular weight is 452 g/mol. The van der Waals surface area contributed by atoms with E-state index in [1.807, 2.05) is 13.8 Å². The molecule has 3 heterocycles. The maximum Gasteiger partial charge on any atom is 0.325 e. The smallest absolute Gasteiger partial charge is 0.325 e. The summed E-state index contributed by atoms with van der Waals surface area (Å²) in [5.41, 5.74) is 1.59. The molecule has 2 saturated heterocycles. The molecule has 1 aliphatic carbocycles. The van der Waals surface area contributed by atoms with Gasteiger partial charge in [0.25, 0.3) is 5.91 Å². The van der Waals surface area contributed by atoms with Crippen molar-refractivity contribution in [3.05, 3.63) is 17.0 Å². The van der Waals surface area contributed by atoms with Crippen molar-refractivity contribution in [1.82, 2.24) is 24.9 Å². The number of carbonyl (C=O) groups excluding carboxylic acids is 3. The van der Waals surface area contributed by atoms with E-state index in [1.165, 1.54) is 4.90 Å². The minimum absolute atomic E-state index is 0.0805. The first-order chi connectivity index (χ1) is 14.5. The second kappa shape index (κ2) is 7.61. The van der Waals surface area contributed by atoms with Crippen molar-refractivity contribution in [2.24, 2.45) is 0 Å². The lowest BCUT2D eigenvalue weighted by Gasteiger charge is -2.22. The van der Waals surface area contributed by atoms with Crippen LogP contribution in [0.3, 0.4) is 0 Å². The summed E-state index contributed by atoms with van der Waals surface area (Å²) in [4.78, 5) is 40.4. The number of rotatable bonds is 5. The van der Waals surface area contributed by atoms with Crippen LogP contribution >= 0.6 is 0 Å². The molecule has 4 rings (SSSR count). The number of aryl methyl sites for hydroxylation is 1. The fraction of sp³-hybridized carbons (Fsp3) is 0.700.